The van der Waals surface area contributed by atoms with Gasteiger partial charge < -0.3 is 14.8 Å². The predicted molar refractivity (Wildman–Crippen MR) is 87.1 cm³/mol. The lowest BCUT2D eigenvalue weighted by Crippen LogP contribution is -2.31. The maximum Gasteiger partial charge on any atom is 0.347 e. The first-order chi connectivity index (χ1) is 12.0. The van der Waals surface area contributed by atoms with E-state index in [9.17, 15) is 18.4 Å². The van der Waals surface area contributed by atoms with Crippen molar-refractivity contribution in [2.75, 3.05) is 11.9 Å². The van der Waals surface area contributed by atoms with Gasteiger partial charge in [0, 0.05) is 0 Å². The van der Waals surface area contributed by atoms with Gasteiger partial charge in [-0.15, -0.1) is 0 Å². The Morgan fingerprint density at radius 1 is 1.04 bits per heavy atom. The van der Waals surface area contributed by atoms with Crippen LogP contribution < -0.4 is 10.1 Å². The van der Waals surface area contributed by atoms with Crippen molar-refractivity contribution >= 4 is 17.6 Å². The number of carbonyl (C=O) groups excluding carboxylic acids is 2. The SMILES string of the molecule is CC[C@H](Oc1ccccc1)C(=O)OCC(=O)Nc1c(F)cccc1F. The van der Waals surface area contributed by atoms with Crippen LogP contribution in [0.5, 0.6) is 5.75 Å². The van der Waals surface area contributed by atoms with Crippen molar-refractivity contribution in [2.45, 2.75) is 19.4 Å². The Morgan fingerprint density at radius 2 is 1.68 bits per heavy atom. The summed E-state index contributed by atoms with van der Waals surface area (Å²) in [6, 6.07) is 11.9. The molecule has 7 heteroatoms. The highest BCUT2D eigenvalue weighted by Crippen LogP contribution is 2.18. The first kappa shape index (κ1) is 18.4. The van der Waals surface area contributed by atoms with Gasteiger partial charge >= 0.3 is 5.97 Å². The van der Waals surface area contributed by atoms with Gasteiger partial charge in [-0.3, -0.25) is 4.79 Å². The molecular formula is C18H17F2NO4. The number of ether oxygens (including phenoxy) is 2. The molecule has 1 amide bonds. The Bertz CT molecular complexity index is 717. The van der Waals surface area contributed by atoms with Crippen molar-refractivity contribution in [1.29, 1.82) is 0 Å². The maximum atomic E-state index is 13.5. The molecule has 132 valence electrons. The molecule has 0 heterocycles. The van der Waals surface area contributed by atoms with E-state index >= 15 is 0 Å². The smallest absolute Gasteiger partial charge is 0.347 e. The van der Waals surface area contributed by atoms with Gasteiger partial charge in [0.15, 0.2) is 12.7 Å². The van der Waals surface area contributed by atoms with Crippen molar-refractivity contribution in [3.63, 3.8) is 0 Å². The van der Waals surface area contributed by atoms with Crippen LogP contribution in [0.2, 0.25) is 0 Å². The normalized spacial score (nSPS) is 11.5. The molecule has 0 fully saturated rings. The summed E-state index contributed by atoms with van der Waals surface area (Å²) in [5, 5.41) is 2.03. The molecule has 0 aliphatic rings. The van der Waals surface area contributed by atoms with Gasteiger partial charge in [0.25, 0.3) is 5.91 Å². The van der Waals surface area contributed by atoms with Crippen LogP contribution in [-0.2, 0) is 14.3 Å². The highest BCUT2D eigenvalue weighted by molar-refractivity contribution is 5.93. The Morgan fingerprint density at radius 3 is 2.28 bits per heavy atom. The largest absolute Gasteiger partial charge is 0.479 e. The third-order valence-electron chi connectivity index (χ3n) is 3.23. The van der Waals surface area contributed by atoms with Crippen LogP contribution in [0.15, 0.2) is 48.5 Å². The molecule has 0 aromatic heterocycles. The van der Waals surface area contributed by atoms with E-state index in [0.29, 0.717) is 12.2 Å². The van der Waals surface area contributed by atoms with E-state index in [0.717, 1.165) is 12.1 Å². The Hall–Kier alpha value is -2.96. The summed E-state index contributed by atoms with van der Waals surface area (Å²) in [6.45, 7) is 1.05. The van der Waals surface area contributed by atoms with E-state index in [1.54, 1.807) is 37.3 Å². The average Bonchev–Trinajstić information content (AvgIpc) is 2.61. The fraction of sp³-hybridized carbons (Fsp3) is 0.222. The summed E-state index contributed by atoms with van der Waals surface area (Å²) >= 11 is 0. The van der Waals surface area contributed by atoms with Gasteiger partial charge in [0.05, 0.1) is 0 Å². The summed E-state index contributed by atoms with van der Waals surface area (Å²) < 4.78 is 37.3. The number of anilines is 1. The number of hydrogen-bond acceptors (Lipinski definition) is 4. The molecule has 0 saturated carbocycles. The summed E-state index contributed by atoms with van der Waals surface area (Å²) in [5.74, 6) is -2.94. The summed E-state index contributed by atoms with van der Waals surface area (Å²) in [7, 11) is 0. The van der Waals surface area contributed by atoms with Gasteiger partial charge in [-0.25, -0.2) is 13.6 Å². The van der Waals surface area contributed by atoms with Crippen molar-refractivity contribution in [3.05, 3.63) is 60.2 Å². The molecule has 1 N–H and O–H groups in total. The second kappa shape index (κ2) is 8.77. The Kier molecular flexibility index (Phi) is 6.45. The molecule has 0 saturated heterocycles. The summed E-state index contributed by atoms with van der Waals surface area (Å²) in [6.07, 6.45) is -0.558. The van der Waals surface area contributed by atoms with E-state index in [2.05, 4.69) is 0 Å². The third-order valence-corrected chi connectivity index (χ3v) is 3.23. The van der Waals surface area contributed by atoms with Gasteiger partial charge in [0.2, 0.25) is 0 Å². The topological polar surface area (TPSA) is 64.6 Å². The van der Waals surface area contributed by atoms with Crippen molar-refractivity contribution in [3.8, 4) is 5.75 Å². The van der Waals surface area contributed by atoms with E-state index in [4.69, 9.17) is 9.47 Å². The minimum absolute atomic E-state index is 0.331. The molecule has 0 radical (unpaired) electrons. The second-order valence-corrected chi connectivity index (χ2v) is 5.08. The molecular weight excluding hydrogens is 332 g/mol. The second-order valence-electron chi connectivity index (χ2n) is 5.08. The van der Waals surface area contributed by atoms with Crippen LogP contribution in [0, 0.1) is 11.6 Å². The number of benzene rings is 2. The zero-order chi connectivity index (χ0) is 18.2. The lowest BCUT2D eigenvalue weighted by Gasteiger charge is -2.16. The predicted octanol–water partition coefficient (Wildman–Crippen LogP) is 3.30. The molecule has 0 bridgehead atoms. The van der Waals surface area contributed by atoms with Gasteiger partial charge in [-0.1, -0.05) is 31.2 Å². The zero-order valence-electron chi connectivity index (χ0n) is 13.5. The van der Waals surface area contributed by atoms with Crippen LogP contribution in [0.4, 0.5) is 14.5 Å². The highest BCUT2D eigenvalue weighted by atomic mass is 19.1. The minimum atomic E-state index is -0.918. The van der Waals surface area contributed by atoms with Crippen molar-refractivity contribution in [2.24, 2.45) is 0 Å². The number of nitrogens with one attached hydrogen (secondary N) is 1. The quantitative estimate of drug-likeness (QED) is 0.779. The van der Waals surface area contributed by atoms with Crippen LogP contribution >= 0.6 is 0 Å². The number of hydrogen-bond donors (Lipinski definition) is 1. The number of para-hydroxylation sites is 2. The molecule has 2 aromatic carbocycles. The molecule has 0 aliphatic heterocycles. The first-order valence-electron chi connectivity index (χ1n) is 7.63. The standard InChI is InChI=1S/C18H17F2NO4/c1-2-15(25-12-7-4-3-5-8-12)18(23)24-11-16(22)21-17-13(19)9-6-10-14(17)20/h3-10,15H,2,11H2,1H3,(H,21,22)/t15-/m0/s1. The van der Waals surface area contributed by atoms with E-state index in [1.165, 1.54) is 6.07 Å². The number of halogens is 2. The minimum Gasteiger partial charge on any atom is -0.479 e. The highest BCUT2D eigenvalue weighted by Gasteiger charge is 2.21. The molecule has 25 heavy (non-hydrogen) atoms. The molecule has 0 spiro atoms. The molecule has 0 unspecified atom stereocenters. The van der Waals surface area contributed by atoms with Crippen molar-refractivity contribution in [1.82, 2.24) is 0 Å². The first-order valence-corrected chi connectivity index (χ1v) is 7.63. The Labute approximate surface area is 143 Å². The number of rotatable bonds is 7. The summed E-state index contributed by atoms with van der Waals surface area (Å²) in [5.41, 5.74) is -0.587. The summed E-state index contributed by atoms with van der Waals surface area (Å²) in [4.78, 5) is 23.7. The van der Waals surface area contributed by atoms with Crippen LogP contribution in [-0.4, -0.2) is 24.6 Å². The number of amides is 1. The van der Waals surface area contributed by atoms with Crippen molar-refractivity contribution < 1.29 is 27.8 Å². The number of carbonyl (C=O) groups is 2. The van der Waals surface area contributed by atoms with Crippen LogP contribution in [0.1, 0.15) is 13.3 Å². The van der Waals surface area contributed by atoms with Crippen LogP contribution in [0.3, 0.4) is 0 Å². The van der Waals surface area contributed by atoms with Gasteiger partial charge in [-0.05, 0) is 30.7 Å². The fourth-order valence-electron chi connectivity index (χ4n) is 1.98. The molecule has 2 aromatic rings. The van der Waals surface area contributed by atoms with E-state index in [1.807, 2.05) is 5.32 Å². The van der Waals surface area contributed by atoms with E-state index in [-0.39, 0.29) is 0 Å². The van der Waals surface area contributed by atoms with Gasteiger partial charge in [0.1, 0.15) is 23.1 Å². The lowest BCUT2D eigenvalue weighted by molar-refractivity contribution is -0.154. The van der Waals surface area contributed by atoms with Gasteiger partial charge in [-0.2, -0.15) is 0 Å². The molecule has 0 aliphatic carbocycles. The van der Waals surface area contributed by atoms with E-state index < -0.39 is 41.9 Å². The Balaban J connectivity index is 1.88. The molecule has 1 atom stereocenters. The third kappa shape index (κ3) is 5.27. The number of esters is 1. The monoisotopic (exact) mass is 349 g/mol. The van der Waals surface area contributed by atoms with Crippen LogP contribution in [0.25, 0.3) is 0 Å². The lowest BCUT2D eigenvalue weighted by atomic mass is 10.2. The molecule has 2 rings (SSSR count). The maximum absolute atomic E-state index is 13.5. The molecule has 5 nitrogen and oxygen atoms in total. The zero-order valence-corrected chi connectivity index (χ0v) is 13.5. The average molecular weight is 349 g/mol. The fourth-order valence-corrected chi connectivity index (χ4v) is 1.98.